The zero-order valence-electron chi connectivity index (χ0n) is 7.98. The first-order valence-corrected chi connectivity index (χ1v) is 4.48. The second-order valence-corrected chi connectivity index (χ2v) is 4.32. The minimum atomic E-state index is -1.42. The van der Waals surface area contributed by atoms with Gasteiger partial charge in [0.05, 0.1) is 11.8 Å². The third kappa shape index (κ3) is 0.921. The average Bonchev–Trinajstić information content (AvgIpc) is 2.77. The van der Waals surface area contributed by atoms with E-state index < -0.39 is 11.5 Å². The molecule has 0 aromatic rings. The molecule has 0 bridgehead atoms. The van der Waals surface area contributed by atoms with Gasteiger partial charge in [-0.25, -0.2) is 4.79 Å². The highest BCUT2D eigenvalue weighted by Gasteiger charge is 2.63. The highest BCUT2D eigenvalue weighted by atomic mass is 16.4. The summed E-state index contributed by atoms with van der Waals surface area (Å²) in [4.78, 5) is 34.9. The van der Waals surface area contributed by atoms with Crippen LogP contribution in [0.25, 0.3) is 0 Å². The van der Waals surface area contributed by atoms with Crippen LogP contribution < -0.4 is 0 Å². The minimum absolute atomic E-state index is 0.235. The van der Waals surface area contributed by atoms with Crippen LogP contribution in [0.5, 0.6) is 0 Å². The molecule has 1 N–H and O–H groups in total. The number of carbonyl (C=O) groups excluding carboxylic acids is 2. The number of piperidine rings is 1. The van der Waals surface area contributed by atoms with Crippen LogP contribution >= 0.6 is 0 Å². The van der Waals surface area contributed by atoms with Gasteiger partial charge < -0.3 is 5.11 Å². The van der Waals surface area contributed by atoms with Crippen molar-refractivity contribution >= 4 is 17.8 Å². The Morgan fingerprint density at radius 2 is 1.79 bits per heavy atom. The molecule has 14 heavy (non-hydrogen) atoms. The van der Waals surface area contributed by atoms with Crippen LogP contribution in [-0.4, -0.2) is 33.3 Å². The Bertz CT molecular complexity index is 327. The van der Waals surface area contributed by atoms with Crippen LogP contribution in [0.15, 0.2) is 0 Å². The lowest BCUT2D eigenvalue weighted by Crippen LogP contribution is -2.54. The largest absolute Gasteiger partial charge is 0.480 e. The SMILES string of the molecule is CC(C)(C(=O)O)N1C(=O)C2CC2C1=O. The molecular weight excluding hydrogens is 186 g/mol. The first-order chi connectivity index (χ1) is 6.37. The summed E-state index contributed by atoms with van der Waals surface area (Å²) in [5, 5.41) is 8.89. The second kappa shape index (κ2) is 2.34. The number of likely N-dealkylation sites (tertiary alicyclic amines) is 1. The summed E-state index contributed by atoms with van der Waals surface area (Å²) in [6.07, 6.45) is 0.601. The van der Waals surface area contributed by atoms with E-state index in [4.69, 9.17) is 5.11 Å². The maximum Gasteiger partial charge on any atom is 0.329 e. The first-order valence-electron chi connectivity index (χ1n) is 4.48. The van der Waals surface area contributed by atoms with Gasteiger partial charge in [0.15, 0.2) is 0 Å². The number of hydrogen-bond donors (Lipinski definition) is 1. The zero-order chi connectivity index (χ0) is 10.7. The van der Waals surface area contributed by atoms with E-state index in [-0.39, 0.29) is 23.7 Å². The molecule has 5 heteroatoms. The standard InChI is InChI=1S/C9H11NO4/c1-9(2,8(13)14)10-6(11)4-3-5(4)7(10)12/h4-5H,3H2,1-2H3,(H,13,14). The van der Waals surface area contributed by atoms with Gasteiger partial charge in [-0.15, -0.1) is 0 Å². The third-order valence-corrected chi connectivity index (χ3v) is 2.95. The molecule has 1 aliphatic heterocycles. The van der Waals surface area contributed by atoms with Crippen LogP contribution in [0.4, 0.5) is 0 Å². The molecule has 2 atom stereocenters. The zero-order valence-corrected chi connectivity index (χ0v) is 7.98. The summed E-state index contributed by atoms with van der Waals surface area (Å²) < 4.78 is 0. The van der Waals surface area contributed by atoms with Gasteiger partial charge in [-0.3, -0.25) is 14.5 Å². The summed E-state index contributed by atoms with van der Waals surface area (Å²) in [7, 11) is 0. The fourth-order valence-electron chi connectivity index (χ4n) is 1.83. The second-order valence-electron chi connectivity index (χ2n) is 4.32. The normalized spacial score (nSPS) is 30.6. The van der Waals surface area contributed by atoms with Gasteiger partial charge in [-0.05, 0) is 20.3 Å². The van der Waals surface area contributed by atoms with E-state index in [9.17, 15) is 14.4 Å². The summed E-state index contributed by atoms with van der Waals surface area (Å²) in [5.74, 6) is -2.28. The third-order valence-electron chi connectivity index (χ3n) is 2.95. The van der Waals surface area contributed by atoms with Gasteiger partial charge in [0.2, 0.25) is 11.8 Å². The van der Waals surface area contributed by atoms with Crippen LogP contribution in [0, 0.1) is 11.8 Å². The molecule has 2 unspecified atom stereocenters. The van der Waals surface area contributed by atoms with Gasteiger partial charge in [-0.1, -0.05) is 0 Å². The van der Waals surface area contributed by atoms with Crippen molar-refractivity contribution in [3.05, 3.63) is 0 Å². The minimum Gasteiger partial charge on any atom is -0.480 e. The molecule has 1 aliphatic carbocycles. The van der Waals surface area contributed by atoms with Crippen LogP contribution in [0.3, 0.4) is 0 Å². The molecule has 0 aromatic heterocycles. The van der Waals surface area contributed by atoms with E-state index in [1.807, 2.05) is 0 Å². The van der Waals surface area contributed by atoms with E-state index in [1.54, 1.807) is 0 Å². The Morgan fingerprint density at radius 3 is 2.14 bits per heavy atom. The van der Waals surface area contributed by atoms with Crippen molar-refractivity contribution in [2.75, 3.05) is 0 Å². The fourth-order valence-corrected chi connectivity index (χ4v) is 1.83. The smallest absolute Gasteiger partial charge is 0.329 e. The van der Waals surface area contributed by atoms with Crippen molar-refractivity contribution in [3.63, 3.8) is 0 Å². The van der Waals surface area contributed by atoms with Gasteiger partial charge in [0, 0.05) is 0 Å². The molecule has 2 aliphatic rings. The van der Waals surface area contributed by atoms with Crippen LogP contribution in [0.1, 0.15) is 20.3 Å². The molecule has 2 fully saturated rings. The topological polar surface area (TPSA) is 74.7 Å². The van der Waals surface area contributed by atoms with E-state index in [0.717, 1.165) is 4.90 Å². The molecule has 5 nitrogen and oxygen atoms in total. The number of carboxylic acid groups (broad SMARTS) is 1. The number of carbonyl (C=O) groups is 3. The van der Waals surface area contributed by atoms with Gasteiger partial charge in [0.1, 0.15) is 5.54 Å². The quantitative estimate of drug-likeness (QED) is 0.625. The lowest BCUT2D eigenvalue weighted by molar-refractivity contribution is -0.162. The number of amides is 2. The maximum atomic E-state index is 11.6. The van der Waals surface area contributed by atoms with Crippen molar-refractivity contribution < 1.29 is 19.5 Å². The van der Waals surface area contributed by atoms with Crippen LogP contribution in [-0.2, 0) is 14.4 Å². The lowest BCUT2D eigenvalue weighted by atomic mass is 10.0. The number of imide groups is 1. The summed E-state index contributed by atoms with van der Waals surface area (Å²) >= 11 is 0. The Hall–Kier alpha value is -1.39. The lowest BCUT2D eigenvalue weighted by Gasteiger charge is -2.30. The molecule has 0 radical (unpaired) electrons. The number of hydrogen-bond acceptors (Lipinski definition) is 3. The molecule has 1 heterocycles. The molecule has 2 amide bonds. The van der Waals surface area contributed by atoms with Gasteiger partial charge in [-0.2, -0.15) is 0 Å². The van der Waals surface area contributed by atoms with Crippen molar-refractivity contribution in [3.8, 4) is 0 Å². The predicted octanol–water partition coefficient (Wildman–Crippen LogP) is -0.145. The van der Waals surface area contributed by atoms with Gasteiger partial charge >= 0.3 is 5.97 Å². The maximum absolute atomic E-state index is 11.6. The highest BCUT2D eigenvalue weighted by molar-refractivity contribution is 6.11. The van der Waals surface area contributed by atoms with Crippen molar-refractivity contribution in [2.45, 2.75) is 25.8 Å². The fraction of sp³-hybridized carbons (Fsp3) is 0.667. The average molecular weight is 197 g/mol. The number of rotatable bonds is 2. The molecule has 0 spiro atoms. The van der Waals surface area contributed by atoms with Crippen molar-refractivity contribution in [1.29, 1.82) is 0 Å². The molecule has 76 valence electrons. The Labute approximate surface area is 80.7 Å². The van der Waals surface area contributed by atoms with Crippen molar-refractivity contribution in [2.24, 2.45) is 11.8 Å². The number of aliphatic carboxylic acids is 1. The van der Waals surface area contributed by atoms with E-state index in [2.05, 4.69) is 0 Å². The number of carboxylic acids is 1. The molecule has 1 saturated carbocycles. The van der Waals surface area contributed by atoms with Crippen LogP contribution in [0.2, 0.25) is 0 Å². The Kier molecular flexibility index (Phi) is 1.54. The van der Waals surface area contributed by atoms with Crippen molar-refractivity contribution in [1.82, 2.24) is 4.90 Å². The summed E-state index contributed by atoms with van der Waals surface area (Å²) in [5.41, 5.74) is -1.42. The van der Waals surface area contributed by atoms with E-state index in [0.29, 0.717) is 6.42 Å². The molecular formula is C9H11NO4. The highest BCUT2D eigenvalue weighted by Crippen LogP contribution is 2.49. The number of fused-ring (bicyclic) bond motifs is 1. The molecule has 0 aromatic carbocycles. The van der Waals surface area contributed by atoms with Gasteiger partial charge in [0.25, 0.3) is 0 Å². The summed E-state index contributed by atoms with van der Waals surface area (Å²) in [6.45, 7) is 2.74. The first kappa shape index (κ1) is 9.18. The number of nitrogens with zero attached hydrogens (tertiary/aromatic N) is 1. The Balaban J connectivity index is 2.32. The predicted molar refractivity (Wildman–Crippen MR) is 45.2 cm³/mol. The Morgan fingerprint density at radius 1 is 1.36 bits per heavy atom. The monoisotopic (exact) mass is 197 g/mol. The molecule has 2 rings (SSSR count). The van der Waals surface area contributed by atoms with E-state index in [1.165, 1.54) is 13.8 Å². The molecule has 1 saturated heterocycles. The summed E-state index contributed by atoms with van der Waals surface area (Å²) in [6, 6.07) is 0. The van der Waals surface area contributed by atoms with E-state index >= 15 is 0 Å².